The first-order valence-corrected chi connectivity index (χ1v) is 10.2. The van der Waals surface area contributed by atoms with Gasteiger partial charge in [0.15, 0.2) is 5.78 Å². The minimum atomic E-state index is 0.00612. The van der Waals surface area contributed by atoms with E-state index in [1.165, 1.54) is 16.4 Å². The van der Waals surface area contributed by atoms with Crippen LogP contribution in [0.4, 0.5) is 5.95 Å². The summed E-state index contributed by atoms with van der Waals surface area (Å²) in [4.78, 5) is 12.3. The van der Waals surface area contributed by atoms with E-state index in [4.69, 9.17) is 5.84 Å². The number of carbonyl (C=O) groups excluding carboxylic acids is 1. The van der Waals surface area contributed by atoms with Crippen molar-refractivity contribution >= 4 is 45.1 Å². The number of Topliss-reactive ketones (excluding diaryl/α,β-unsaturated/α-hetero) is 1. The number of carbonyl (C=O) groups is 1. The maximum Gasteiger partial charge on any atom is 0.264 e. The van der Waals surface area contributed by atoms with Crippen LogP contribution in [0.5, 0.6) is 0 Å². The summed E-state index contributed by atoms with van der Waals surface area (Å²) in [6, 6.07) is 15.3. The predicted molar refractivity (Wildman–Crippen MR) is 116 cm³/mol. The van der Waals surface area contributed by atoms with Crippen molar-refractivity contribution in [1.29, 1.82) is 0 Å². The Morgan fingerprint density at radius 2 is 1.79 bits per heavy atom. The Bertz CT molecular complexity index is 998. The van der Waals surface area contributed by atoms with Crippen LogP contribution < -0.4 is 11.3 Å². The number of halogens is 1. The van der Waals surface area contributed by atoms with Crippen molar-refractivity contribution in [1.82, 2.24) is 14.9 Å². The van der Waals surface area contributed by atoms with Crippen LogP contribution in [-0.2, 0) is 0 Å². The first-order valence-electron chi connectivity index (χ1n) is 8.43. The zero-order valence-electron chi connectivity index (χ0n) is 15.4. The van der Waals surface area contributed by atoms with Gasteiger partial charge in [0, 0.05) is 10.0 Å². The molecule has 9 heteroatoms. The highest BCUT2D eigenvalue weighted by Crippen LogP contribution is 2.19. The molecule has 0 amide bonds. The van der Waals surface area contributed by atoms with Gasteiger partial charge in [0.05, 0.1) is 11.5 Å². The van der Waals surface area contributed by atoms with Crippen LogP contribution in [0.3, 0.4) is 0 Å². The lowest BCUT2D eigenvalue weighted by Gasteiger charge is -2.05. The van der Waals surface area contributed by atoms with E-state index in [1.54, 1.807) is 0 Å². The minimum Gasteiger partial charge on any atom is -0.334 e. The highest BCUT2D eigenvalue weighted by atomic mass is 79.9. The minimum absolute atomic E-state index is 0.00612. The molecule has 7 nitrogen and oxygen atoms in total. The van der Waals surface area contributed by atoms with E-state index in [9.17, 15) is 4.79 Å². The van der Waals surface area contributed by atoms with Crippen LogP contribution in [0.15, 0.2) is 63.3 Å². The van der Waals surface area contributed by atoms with Gasteiger partial charge in [0.1, 0.15) is 0 Å². The van der Waals surface area contributed by atoms with Gasteiger partial charge < -0.3 is 5.84 Å². The molecule has 0 fully saturated rings. The summed E-state index contributed by atoms with van der Waals surface area (Å²) < 4.78 is 2.28. The average Bonchev–Trinajstić information content (AvgIpc) is 3.05. The van der Waals surface area contributed by atoms with Gasteiger partial charge in [-0.2, -0.15) is 5.10 Å². The molecule has 2 aromatic carbocycles. The molecule has 0 radical (unpaired) electrons. The lowest BCUT2D eigenvalue weighted by molar-refractivity contribution is 0.102. The Balaban J connectivity index is 1.61. The van der Waals surface area contributed by atoms with Crippen LogP contribution in [0.25, 0.3) is 0 Å². The number of ketones is 1. The fourth-order valence-corrected chi connectivity index (χ4v) is 3.31. The number of rotatable bonds is 7. The maximum absolute atomic E-state index is 12.3. The van der Waals surface area contributed by atoms with Crippen LogP contribution in [0.1, 0.15) is 28.4 Å². The second kappa shape index (κ2) is 9.03. The molecule has 28 heavy (non-hydrogen) atoms. The molecule has 0 saturated heterocycles. The van der Waals surface area contributed by atoms with E-state index < -0.39 is 0 Å². The highest BCUT2D eigenvalue weighted by Gasteiger charge is 2.13. The third-order valence-electron chi connectivity index (χ3n) is 3.96. The van der Waals surface area contributed by atoms with Crippen molar-refractivity contribution in [3.63, 3.8) is 0 Å². The van der Waals surface area contributed by atoms with Gasteiger partial charge in [-0.15, -0.1) is 10.2 Å². The first-order chi connectivity index (χ1) is 13.4. The largest absolute Gasteiger partial charge is 0.334 e. The molecule has 0 unspecified atom stereocenters. The molecule has 0 atom stereocenters. The van der Waals surface area contributed by atoms with Crippen molar-refractivity contribution in [2.45, 2.75) is 19.0 Å². The van der Waals surface area contributed by atoms with Gasteiger partial charge in [-0.05, 0) is 31.5 Å². The SMILES string of the molecule is C/C(=N\Nc1nnc(SCC(=O)c2ccc(C)cc2)n1N)c1ccc(Br)cc1. The van der Waals surface area contributed by atoms with Gasteiger partial charge in [-0.25, -0.2) is 10.1 Å². The van der Waals surface area contributed by atoms with Crippen molar-refractivity contribution in [3.05, 3.63) is 69.7 Å². The van der Waals surface area contributed by atoms with Crippen LogP contribution in [0, 0.1) is 6.92 Å². The third-order valence-corrected chi connectivity index (χ3v) is 5.43. The monoisotopic (exact) mass is 458 g/mol. The van der Waals surface area contributed by atoms with E-state index in [-0.39, 0.29) is 11.5 Å². The standard InChI is InChI=1S/C19H19BrN6OS/c1-12-3-5-15(6-4-12)17(27)11-28-19-25-24-18(26(19)21)23-22-13(2)14-7-9-16(20)10-8-14/h3-10H,11,21H2,1-2H3,(H,23,24)/b22-13+. The molecule has 0 aliphatic heterocycles. The van der Waals surface area contributed by atoms with Crippen LogP contribution >= 0.6 is 27.7 Å². The lowest BCUT2D eigenvalue weighted by atomic mass is 10.1. The molecule has 0 bridgehead atoms. The van der Waals surface area contributed by atoms with Gasteiger partial charge >= 0.3 is 0 Å². The molecule has 3 N–H and O–H groups in total. The Labute approximate surface area is 175 Å². The van der Waals surface area contributed by atoms with Crippen LogP contribution in [-0.4, -0.2) is 32.1 Å². The van der Waals surface area contributed by atoms with E-state index in [1.807, 2.05) is 62.4 Å². The fourth-order valence-electron chi connectivity index (χ4n) is 2.29. The number of aryl methyl sites for hydroxylation is 1. The Kier molecular flexibility index (Phi) is 6.48. The van der Waals surface area contributed by atoms with Crippen molar-refractivity contribution in [2.24, 2.45) is 5.10 Å². The van der Waals surface area contributed by atoms with Gasteiger partial charge in [-0.3, -0.25) is 4.79 Å². The number of nitrogens with two attached hydrogens (primary N) is 1. The zero-order valence-corrected chi connectivity index (χ0v) is 17.8. The summed E-state index contributed by atoms with van der Waals surface area (Å²) in [5.74, 6) is 6.54. The molecular formula is C19H19BrN6OS. The molecular weight excluding hydrogens is 440 g/mol. The number of hydrogen-bond acceptors (Lipinski definition) is 7. The number of anilines is 1. The van der Waals surface area contributed by atoms with Crippen molar-refractivity contribution in [2.75, 3.05) is 17.0 Å². The number of hydrazone groups is 1. The topological polar surface area (TPSA) is 98.2 Å². The number of thioether (sulfide) groups is 1. The number of nitrogens with zero attached hydrogens (tertiary/aromatic N) is 4. The molecule has 0 spiro atoms. The van der Waals surface area contributed by atoms with Crippen molar-refractivity contribution < 1.29 is 4.79 Å². The summed E-state index contributed by atoms with van der Waals surface area (Å²) in [6.07, 6.45) is 0. The lowest BCUT2D eigenvalue weighted by Crippen LogP contribution is -2.14. The Hall–Kier alpha value is -2.65. The average molecular weight is 459 g/mol. The first kappa shape index (κ1) is 20.1. The third kappa shape index (κ3) is 4.99. The quantitative estimate of drug-likeness (QED) is 0.183. The summed E-state index contributed by atoms with van der Waals surface area (Å²) in [5.41, 5.74) is 6.33. The van der Waals surface area contributed by atoms with E-state index in [0.29, 0.717) is 16.7 Å². The van der Waals surface area contributed by atoms with E-state index >= 15 is 0 Å². The number of nitrogen functional groups attached to an aromatic ring is 1. The molecule has 3 aromatic rings. The van der Waals surface area contributed by atoms with Crippen molar-refractivity contribution in [3.8, 4) is 0 Å². The number of aromatic nitrogens is 3. The summed E-state index contributed by atoms with van der Waals surface area (Å²) in [5, 5.41) is 12.7. The fraction of sp³-hybridized carbons (Fsp3) is 0.158. The number of nitrogens with one attached hydrogen (secondary N) is 1. The second-order valence-electron chi connectivity index (χ2n) is 6.07. The maximum atomic E-state index is 12.3. The summed E-state index contributed by atoms with van der Waals surface area (Å²) in [6.45, 7) is 3.86. The summed E-state index contributed by atoms with van der Waals surface area (Å²) >= 11 is 4.63. The van der Waals surface area contributed by atoms with Gasteiger partial charge in [-0.1, -0.05) is 69.7 Å². The predicted octanol–water partition coefficient (Wildman–Crippen LogP) is 3.87. The molecule has 0 aliphatic rings. The van der Waals surface area contributed by atoms with E-state index in [0.717, 1.165) is 21.3 Å². The summed E-state index contributed by atoms with van der Waals surface area (Å²) in [7, 11) is 0. The highest BCUT2D eigenvalue weighted by molar-refractivity contribution is 9.10. The molecule has 3 rings (SSSR count). The van der Waals surface area contributed by atoms with Gasteiger partial charge in [0.2, 0.25) is 5.16 Å². The van der Waals surface area contributed by atoms with E-state index in [2.05, 4.69) is 36.7 Å². The second-order valence-corrected chi connectivity index (χ2v) is 7.93. The number of hydrogen-bond donors (Lipinski definition) is 2. The molecule has 0 aliphatic carbocycles. The Morgan fingerprint density at radius 3 is 2.46 bits per heavy atom. The normalized spacial score (nSPS) is 11.5. The zero-order chi connectivity index (χ0) is 20.1. The van der Waals surface area contributed by atoms with Crippen LogP contribution in [0.2, 0.25) is 0 Å². The molecule has 1 aromatic heterocycles. The smallest absolute Gasteiger partial charge is 0.264 e. The van der Waals surface area contributed by atoms with Gasteiger partial charge in [0.25, 0.3) is 5.95 Å². The molecule has 1 heterocycles. The molecule has 144 valence electrons. The molecule has 0 saturated carbocycles. The number of benzene rings is 2. The Morgan fingerprint density at radius 1 is 1.14 bits per heavy atom.